The Bertz CT molecular complexity index is 714. The number of carbonyl (C=O) groups is 2. The van der Waals surface area contributed by atoms with Crippen LogP contribution in [-0.4, -0.2) is 44.0 Å². The Morgan fingerprint density at radius 2 is 1.65 bits per heavy atom. The lowest BCUT2D eigenvalue weighted by Gasteiger charge is -2.23. The maximum absolute atomic E-state index is 13.0. The fourth-order valence-electron chi connectivity index (χ4n) is 2.61. The van der Waals surface area contributed by atoms with Gasteiger partial charge in [0.2, 0.25) is 0 Å². The van der Waals surface area contributed by atoms with Crippen LogP contribution < -0.4 is 4.90 Å². The Labute approximate surface area is 155 Å². The molecule has 2 aromatic carbocycles. The zero-order valence-electron chi connectivity index (χ0n) is 15.6. The minimum atomic E-state index is -0.323. The predicted molar refractivity (Wildman–Crippen MR) is 103 cm³/mol. The molecule has 0 aromatic heterocycles. The van der Waals surface area contributed by atoms with Crippen molar-refractivity contribution >= 4 is 17.6 Å². The van der Waals surface area contributed by atoms with Crippen molar-refractivity contribution in [1.82, 2.24) is 4.90 Å². The van der Waals surface area contributed by atoms with Crippen LogP contribution in [-0.2, 0) is 16.1 Å². The fraction of sp³-hybridized carbons (Fsp3) is 0.333. The molecule has 1 amide bonds. The summed E-state index contributed by atoms with van der Waals surface area (Å²) in [5.74, 6) is -0.417. The molecular formula is C21H26N2O3. The molecule has 0 aliphatic rings. The summed E-state index contributed by atoms with van der Waals surface area (Å²) in [6, 6.07) is 17.3. The van der Waals surface area contributed by atoms with Crippen LogP contribution in [0.3, 0.4) is 0 Å². The molecule has 0 bridgehead atoms. The van der Waals surface area contributed by atoms with Crippen molar-refractivity contribution in [2.45, 2.75) is 19.9 Å². The van der Waals surface area contributed by atoms with Gasteiger partial charge in [-0.15, -0.1) is 0 Å². The molecule has 5 heteroatoms. The molecule has 2 aromatic rings. The monoisotopic (exact) mass is 354 g/mol. The molecule has 26 heavy (non-hydrogen) atoms. The number of ether oxygens (including phenoxy) is 1. The number of hydrogen-bond acceptors (Lipinski definition) is 4. The Morgan fingerprint density at radius 3 is 2.23 bits per heavy atom. The van der Waals surface area contributed by atoms with E-state index in [9.17, 15) is 9.59 Å². The van der Waals surface area contributed by atoms with Crippen LogP contribution in [0, 0.1) is 0 Å². The number of nitrogens with zero attached hydrogens (tertiary/aromatic N) is 2. The van der Waals surface area contributed by atoms with Crippen molar-refractivity contribution in [3.05, 3.63) is 65.7 Å². The van der Waals surface area contributed by atoms with Crippen molar-refractivity contribution in [3.63, 3.8) is 0 Å². The first kappa shape index (κ1) is 19.5. The molecule has 0 radical (unpaired) electrons. The molecule has 0 fully saturated rings. The second kappa shape index (κ2) is 9.61. The molecule has 0 atom stereocenters. The van der Waals surface area contributed by atoms with E-state index < -0.39 is 0 Å². The van der Waals surface area contributed by atoms with Crippen molar-refractivity contribution < 1.29 is 14.3 Å². The van der Waals surface area contributed by atoms with Gasteiger partial charge in [-0.3, -0.25) is 9.59 Å². The smallest absolute Gasteiger partial charge is 0.307 e. The first-order valence-corrected chi connectivity index (χ1v) is 8.76. The summed E-state index contributed by atoms with van der Waals surface area (Å²) in [6.45, 7) is 3.74. The third kappa shape index (κ3) is 5.34. The van der Waals surface area contributed by atoms with E-state index in [0.717, 1.165) is 17.8 Å². The highest BCUT2D eigenvalue weighted by molar-refractivity contribution is 5.94. The average molecular weight is 354 g/mol. The molecule has 0 unspecified atom stereocenters. The van der Waals surface area contributed by atoms with Gasteiger partial charge in [-0.05, 0) is 36.8 Å². The second-order valence-corrected chi connectivity index (χ2v) is 6.10. The van der Waals surface area contributed by atoms with E-state index in [4.69, 9.17) is 4.74 Å². The van der Waals surface area contributed by atoms with Crippen LogP contribution >= 0.6 is 0 Å². The number of carbonyl (C=O) groups excluding carboxylic acids is 2. The van der Waals surface area contributed by atoms with Gasteiger partial charge in [-0.1, -0.05) is 30.3 Å². The number of hydrogen-bond donors (Lipinski definition) is 0. The highest BCUT2D eigenvalue weighted by Crippen LogP contribution is 2.16. The van der Waals surface area contributed by atoms with Crippen molar-refractivity contribution in [2.24, 2.45) is 0 Å². The Kier molecular flexibility index (Phi) is 7.21. The first-order chi connectivity index (χ1) is 12.5. The van der Waals surface area contributed by atoms with Crippen molar-refractivity contribution in [1.29, 1.82) is 0 Å². The third-order valence-electron chi connectivity index (χ3n) is 4.35. The average Bonchev–Trinajstić information content (AvgIpc) is 2.70. The van der Waals surface area contributed by atoms with Crippen molar-refractivity contribution in [2.75, 3.05) is 32.1 Å². The molecular weight excluding hydrogens is 328 g/mol. The van der Waals surface area contributed by atoms with E-state index in [2.05, 4.69) is 11.8 Å². The minimum Gasteiger partial charge on any atom is -0.469 e. The fourth-order valence-corrected chi connectivity index (χ4v) is 2.61. The van der Waals surface area contributed by atoms with E-state index in [0.29, 0.717) is 18.7 Å². The molecule has 0 N–H and O–H groups in total. The van der Waals surface area contributed by atoms with E-state index in [1.54, 1.807) is 4.90 Å². The molecule has 0 saturated carbocycles. The molecule has 0 saturated heterocycles. The standard InChI is InChI=1S/C21H26N2O3/c1-4-22(2)19-12-10-18(11-13-19)21(25)23(15-14-20(24)26-3)16-17-8-6-5-7-9-17/h5-13H,4,14-16H2,1-3H3. The molecule has 0 spiro atoms. The first-order valence-electron chi connectivity index (χ1n) is 8.76. The predicted octanol–water partition coefficient (Wildman–Crippen LogP) is 3.35. The van der Waals surface area contributed by atoms with Crippen molar-refractivity contribution in [3.8, 4) is 0 Å². The molecule has 138 valence electrons. The lowest BCUT2D eigenvalue weighted by Crippen LogP contribution is -2.32. The molecule has 5 nitrogen and oxygen atoms in total. The van der Waals surface area contributed by atoms with Gasteiger partial charge in [0.25, 0.3) is 5.91 Å². The van der Waals surface area contributed by atoms with Crippen LogP contribution in [0.4, 0.5) is 5.69 Å². The maximum atomic E-state index is 13.0. The Balaban J connectivity index is 2.16. The highest BCUT2D eigenvalue weighted by atomic mass is 16.5. The van der Waals surface area contributed by atoms with E-state index >= 15 is 0 Å². The van der Waals surface area contributed by atoms with Gasteiger partial charge in [-0.2, -0.15) is 0 Å². The normalized spacial score (nSPS) is 10.3. The molecule has 0 aliphatic carbocycles. The summed E-state index contributed by atoms with van der Waals surface area (Å²) < 4.78 is 4.71. The zero-order chi connectivity index (χ0) is 18.9. The summed E-state index contributed by atoms with van der Waals surface area (Å²) >= 11 is 0. The van der Waals surface area contributed by atoms with Gasteiger partial charge in [-0.25, -0.2) is 0 Å². The summed E-state index contributed by atoms with van der Waals surface area (Å²) in [6.07, 6.45) is 0.172. The minimum absolute atomic E-state index is 0.0940. The van der Waals surface area contributed by atoms with Crippen LogP contribution in [0.5, 0.6) is 0 Å². The number of methoxy groups -OCH3 is 1. The maximum Gasteiger partial charge on any atom is 0.307 e. The van der Waals surface area contributed by atoms with Gasteiger partial charge >= 0.3 is 5.97 Å². The van der Waals surface area contributed by atoms with E-state index in [1.165, 1.54) is 7.11 Å². The third-order valence-corrected chi connectivity index (χ3v) is 4.35. The molecule has 0 heterocycles. The highest BCUT2D eigenvalue weighted by Gasteiger charge is 2.18. The number of benzene rings is 2. The summed E-state index contributed by atoms with van der Waals surface area (Å²) in [4.78, 5) is 28.3. The van der Waals surface area contributed by atoms with Crippen LogP contribution in [0.1, 0.15) is 29.3 Å². The summed E-state index contributed by atoms with van der Waals surface area (Å²) in [7, 11) is 3.36. The van der Waals surface area contributed by atoms with Gasteiger partial charge in [0.05, 0.1) is 13.5 Å². The van der Waals surface area contributed by atoms with E-state index in [-0.39, 0.29) is 18.3 Å². The topological polar surface area (TPSA) is 49.9 Å². The molecule has 2 rings (SSSR count). The van der Waals surface area contributed by atoms with Crippen LogP contribution in [0.25, 0.3) is 0 Å². The lowest BCUT2D eigenvalue weighted by atomic mass is 10.1. The second-order valence-electron chi connectivity index (χ2n) is 6.10. The van der Waals surface area contributed by atoms with Gasteiger partial charge in [0.1, 0.15) is 0 Å². The van der Waals surface area contributed by atoms with Crippen LogP contribution in [0.2, 0.25) is 0 Å². The number of amides is 1. The van der Waals surface area contributed by atoms with Gasteiger partial charge in [0.15, 0.2) is 0 Å². The number of anilines is 1. The number of rotatable bonds is 8. The van der Waals surface area contributed by atoms with Gasteiger partial charge < -0.3 is 14.5 Å². The van der Waals surface area contributed by atoms with Crippen LogP contribution in [0.15, 0.2) is 54.6 Å². The Morgan fingerprint density at radius 1 is 1.00 bits per heavy atom. The SMILES string of the molecule is CCN(C)c1ccc(C(=O)N(CCC(=O)OC)Cc2ccccc2)cc1. The zero-order valence-corrected chi connectivity index (χ0v) is 15.6. The van der Waals surface area contributed by atoms with E-state index in [1.807, 2.05) is 61.6 Å². The quantitative estimate of drug-likeness (QED) is 0.682. The largest absolute Gasteiger partial charge is 0.469 e. The summed E-state index contributed by atoms with van der Waals surface area (Å²) in [5.41, 5.74) is 2.69. The number of esters is 1. The molecule has 0 aliphatic heterocycles. The lowest BCUT2D eigenvalue weighted by molar-refractivity contribution is -0.140. The summed E-state index contributed by atoms with van der Waals surface area (Å²) in [5, 5.41) is 0. The van der Waals surface area contributed by atoms with Gasteiger partial charge in [0, 0.05) is 37.9 Å². The Hall–Kier alpha value is -2.82.